The molecule has 1 aromatic heterocycles. The largest absolute Gasteiger partial charge is 0.497 e. The Bertz CT molecular complexity index is 946. The second-order valence-electron chi connectivity index (χ2n) is 7.17. The zero-order valence-electron chi connectivity index (χ0n) is 15.9. The number of likely N-dealkylation sites (tertiary alicyclic amines) is 1. The summed E-state index contributed by atoms with van der Waals surface area (Å²) in [5, 5.41) is 0. The SMILES string of the molecule is COc1ccc(-c2nc3ccccc3n2CC(=O)N2CCCCC2C)cc1. The van der Waals surface area contributed by atoms with Gasteiger partial charge in [0.25, 0.3) is 0 Å². The van der Waals surface area contributed by atoms with Crippen molar-refractivity contribution in [2.24, 2.45) is 0 Å². The van der Waals surface area contributed by atoms with Crippen molar-refractivity contribution in [1.29, 1.82) is 0 Å². The fraction of sp³-hybridized carbons (Fsp3) is 0.364. The lowest BCUT2D eigenvalue weighted by Crippen LogP contribution is -2.43. The van der Waals surface area contributed by atoms with Gasteiger partial charge in [-0.2, -0.15) is 0 Å². The molecular weight excluding hydrogens is 338 g/mol. The van der Waals surface area contributed by atoms with Gasteiger partial charge in [0.15, 0.2) is 0 Å². The quantitative estimate of drug-likeness (QED) is 0.701. The van der Waals surface area contributed by atoms with E-state index in [-0.39, 0.29) is 5.91 Å². The van der Waals surface area contributed by atoms with Crippen molar-refractivity contribution in [2.75, 3.05) is 13.7 Å². The minimum atomic E-state index is 0.167. The molecule has 0 N–H and O–H groups in total. The molecule has 0 saturated carbocycles. The van der Waals surface area contributed by atoms with Gasteiger partial charge in [0.05, 0.1) is 18.1 Å². The summed E-state index contributed by atoms with van der Waals surface area (Å²) >= 11 is 0. The molecule has 1 saturated heterocycles. The zero-order chi connectivity index (χ0) is 18.8. The molecule has 4 rings (SSSR count). The van der Waals surface area contributed by atoms with E-state index in [2.05, 4.69) is 6.92 Å². The second-order valence-corrected chi connectivity index (χ2v) is 7.17. The Morgan fingerprint density at radius 3 is 2.67 bits per heavy atom. The third-order valence-corrected chi connectivity index (χ3v) is 5.42. The van der Waals surface area contributed by atoms with Crippen LogP contribution in [0.3, 0.4) is 0 Å². The Morgan fingerprint density at radius 1 is 1.15 bits per heavy atom. The topological polar surface area (TPSA) is 47.4 Å². The third kappa shape index (κ3) is 3.42. The molecule has 1 aliphatic heterocycles. The van der Waals surface area contributed by atoms with E-state index in [1.165, 1.54) is 6.42 Å². The van der Waals surface area contributed by atoms with Crippen LogP contribution in [0.5, 0.6) is 5.75 Å². The van der Waals surface area contributed by atoms with Gasteiger partial charge >= 0.3 is 0 Å². The molecule has 0 radical (unpaired) electrons. The number of hydrogen-bond acceptors (Lipinski definition) is 3. The number of aromatic nitrogens is 2. The van der Waals surface area contributed by atoms with Gasteiger partial charge in [0.1, 0.15) is 18.1 Å². The number of hydrogen-bond donors (Lipinski definition) is 0. The molecule has 140 valence electrons. The maximum Gasteiger partial charge on any atom is 0.242 e. The van der Waals surface area contributed by atoms with E-state index in [1.54, 1.807) is 7.11 Å². The smallest absolute Gasteiger partial charge is 0.242 e. The van der Waals surface area contributed by atoms with Crippen LogP contribution in [0.4, 0.5) is 0 Å². The van der Waals surface area contributed by atoms with Crippen LogP contribution in [0.25, 0.3) is 22.4 Å². The Kier molecular flexibility index (Phi) is 4.84. The second kappa shape index (κ2) is 7.43. The number of nitrogens with zero attached hydrogens (tertiary/aromatic N) is 3. The maximum absolute atomic E-state index is 13.1. The van der Waals surface area contributed by atoms with Gasteiger partial charge in [-0.05, 0) is 62.6 Å². The summed E-state index contributed by atoms with van der Waals surface area (Å²) in [5.41, 5.74) is 2.87. The highest BCUT2D eigenvalue weighted by molar-refractivity contribution is 5.84. The summed E-state index contributed by atoms with van der Waals surface area (Å²) < 4.78 is 7.30. The number of amides is 1. The van der Waals surface area contributed by atoms with Crippen molar-refractivity contribution in [2.45, 2.75) is 38.8 Å². The van der Waals surface area contributed by atoms with Gasteiger partial charge in [-0.25, -0.2) is 4.98 Å². The van der Waals surface area contributed by atoms with Crippen molar-refractivity contribution >= 4 is 16.9 Å². The van der Waals surface area contributed by atoms with Crippen LogP contribution in [0.1, 0.15) is 26.2 Å². The first-order chi connectivity index (χ1) is 13.2. The number of para-hydroxylation sites is 2. The molecule has 1 fully saturated rings. The van der Waals surface area contributed by atoms with E-state index in [9.17, 15) is 4.79 Å². The Morgan fingerprint density at radius 2 is 1.93 bits per heavy atom. The fourth-order valence-electron chi connectivity index (χ4n) is 3.89. The fourth-order valence-corrected chi connectivity index (χ4v) is 3.89. The highest BCUT2D eigenvalue weighted by atomic mass is 16.5. The van der Waals surface area contributed by atoms with Gasteiger partial charge in [-0.1, -0.05) is 12.1 Å². The van der Waals surface area contributed by atoms with E-state index in [0.29, 0.717) is 12.6 Å². The molecule has 27 heavy (non-hydrogen) atoms. The highest BCUT2D eigenvalue weighted by Gasteiger charge is 2.25. The molecular formula is C22H25N3O2. The number of methoxy groups -OCH3 is 1. The summed E-state index contributed by atoms with van der Waals surface area (Å²) in [6, 6.07) is 16.1. The molecule has 5 heteroatoms. The van der Waals surface area contributed by atoms with Crippen LogP contribution in [0.15, 0.2) is 48.5 Å². The van der Waals surface area contributed by atoms with Gasteiger partial charge in [0.2, 0.25) is 5.91 Å². The molecule has 5 nitrogen and oxygen atoms in total. The van der Waals surface area contributed by atoms with E-state index in [4.69, 9.17) is 9.72 Å². The number of carbonyl (C=O) groups excluding carboxylic acids is 1. The van der Waals surface area contributed by atoms with Crippen LogP contribution >= 0.6 is 0 Å². The average molecular weight is 363 g/mol. The van der Waals surface area contributed by atoms with Crippen LogP contribution in [0, 0.1) is 0 Å². The van der Waals surface area contributed by atoms with Crippen molar-refractivity contribution in [3.8, 4) is 17.1 Å². The molecule has 2 heterocycles. The van der Waals surface area contributed by atoms with Crippen molar-refractivity contribution in [1.82, 2.24) is 14.5 Å². The standard InChI is InChI=1S/C22H25N3O2/c1-16-7-5-6-14-24(16)21(26)15-25-20-9-4-3-8-19(20)23-22(25)17-10-12-18(27-2)13-11-17/h3-4,8-13,16H,5-7,14-15H2,1-2H3. The first-order valence-corrected chi connectivity index (χ1v) is 9.56. The Labute approximate surface area is 159 Å². The molecule has 1 unspecified atom stereocenters. The molecule has 1 aliphatic rings. The van der Waals surface area contributed by atoms with Crippen molar-refractivity contribution < 1.29 is 9.53 Å². The monoisotopic (exact) mass is 363 g/mol. The molecule has 0 spiro atoms. The lowest BCUT2D eigenvalue weighted by Gasteiger charge is -2.33. The molecule has 2 aromatic carbocycles. The lowest BCUT2D eigenvalue weighted by molar-refractivity contribution is -0.134. The molecule has 1 amide bonds. The van der Waals surface area contributed by atoms with Crippen LogP contribution < -0.4 is 4.74 Å². The van der Waals surface area contributed by atoms with E-state index in [0.717, 1.165) is 47.6 Å². The first kappa shape index (κ1) is 17.6. The summed E-state index contributed by atoms with van der Waals surface area (Å²) in [6.45, 7) is 3.31. The number of rotatable bonds is 4. The van der Waals surface area contributed by atoms with Gasteiger partial charge in [0, 0.05) is 18.2 Å². The zero-order valence-corrected chi connectivity index (χ0v) is 15.9. The molecule has 0 aliphatic carbocycles. The van der Waals surface area contributed by atoms with E-state index < -0.39 is 0 Å². The van der Waals surface area contributed by atoms with Gasteiger partial charge in [-0.15, -0.1) is 0 Å². The van der Waals surface area contributed by atoms with Crippen LogP contribution in [-0.4, -0.2) is 40.1 Å². The highest BCUT2D eigenvalue weighted by Crippen LogP contribution is 2.27. The Hall–Kier alpha value is -2.82. The lowest BCUT2D eigenvalue weighted by atomic mass is 10.0. The number of fused-ring (bicyclic) bond motifs is 1. The number of ether oxygens (including phenoxy) is 1. The Balaban J connectivity index is 1.72. The minimum Gasteiger partial charge on any atom is -0.497 e. The summed E-state index contributed by atoms with van der Waals surface area (Å²) in [6.07, 6.45) is 3.38. The van der Waals surface area contributed by atoms with Gasteiger partial charge < -0.3 is 14.2 Å². The average Bonchev–Trinajstić information content (AvgIpc) is 3.07. The number of benzene rings is 2. The van der Waals surface area contributed by atoms with Crippen molar-refractivity contribution in [3.63, 3.8) is 0 Å². The summed E-state index contributed by atoms with van der Waals surface area (Å²) in [4.78, 5) is 19.9. The van der Waals surface area contributed by atoms with Gasteiger partial charge in [-0.3, -0.25) is 4.79 Å². The minimum absolute atomic E-state index is 0.167. The number of imidazole rings is 1. The summed E-state index contributed by atoms with van der Waals surface area (Å²) in [5.74, 6) is 1.79. The normalized spacial score (nSPS) is 17.3. The predicted molar refractivity (Wildman–Crippen MR) is 107 cm³/mol. The van der Waals surface area contributed by atoms with E-state index in [1.807, 2.05) is 58.0 Å². The predicted octanol–water partition coefficient (Wildman–Crippen LogP) is 4.11. The molecule has 0 bridgehead atoms. The number of carbonyl (C=O) groups is 1. The van der Waals surface area contributed by atoms with Crippen LogP contribution in [-0.2, 0) is 11.3 Å². The molecule has 3 aromatic rings. The summed E-state index contributed by atoms with van der Waals surface area (Å²) in [7, 11) is 1.66. The van der Waals surface area contributed by atoms with E-state index >= 15 is 0 Å². The number of piperidine rings is 1. The van der Waals surface area contributed by atoms with Crippen LogP contribution in [0.2, 0.25) is 0 Å². The molecule has 1 atom stereocenters. The third-order valence-electron chi connectivity index (χ3n) is 5.42. The maximum atomic E-state index is 13.1. The van der Waals surface area contributed by atoms with Crippen molar-refractivity contribution in [3.05, 3.63) is 48.5 Å². The first-order valence-electron chi connectivity index (χ1n) is 9.56.